The summed E-state index contributed by atoms with van der Waals surface area (Å²) in [4.78, 5) is 71.4. The van der Waals surface area contributed by atoms with E-state index in [4.69, 9.17) is 31.2 Å². The number of unbranched alkanes of at least 4 members (excludes halogenated alkanes) is 11. The topological polar surface area (TPSA) is 223 Å². The van der Waals surface area contributed by atoms with Crippen LogP contribution < -0.4 is 20.9 Å². The second-order valence-corrected chi connectivity index (χ2v) is 17.9. The maximum atomic E-state index is 12.8. The van der Waals surface area contributed by atoms with Crippen LogP contribution in [0.2, 0.25) is 0 Å². The number of Topliss-reactive ketones (excluding diaryl/α,β-unsaturated/α-hetero) is 2. The van der Waals surface area contributed by atoms with Gasteiger partial charge in [0.05, 0.1) is 32.9 Å². The summed E-state index contributed by atoms with van der Waals surface area (Å²) in [5, 5.41) is 19.0. The average molecular weight is 895 g/mol. The molecular weight excluding hydrogens is 833 g/mol. The van der Waals surface area contributed by atoms with Crippen LogP contribution >= 0.6 is 23.5 Å². The molecule has 338 valence electrons. The number of fused-ring (bicyclic) bond motifs is 2. The molecule has 2 heterocycles. The number of hydrogen-bond acceptors (Lipinski definition) is 10. The third kappa shape index (κ3) is 14.3. The van der Waals surface area contributed by atoms with Crippen LogP contribution in [-0.4, -0.2) is 90.9 Å². The van der Waals surface area contributed by atoms with Crippen LogP contribution in [0.3, 0.4) is 0 Å². The Balaban J connectivity index is 1.00. The summed E-state index contributed by atoms with van der Waals surface area (Å²) in [6.07, 6.45) is 15.8. The van der Waals surface area contributed by atoms with E-state index in [1.165, 1.54) is 74.4 Å². The van der Waals surface area contributed by atoms with E-state index in [2.05, 4.69) is 0 Å². The molecular formula is C46H62N4O10S2. The maximum Gasteiger partial charge on any atom is 0.341 e. The molecule has 0 saturated heterocycles. The molecule has 2 aromatic heterocycles. The zero-order chi connectivity index (χ0) is 45.0. The first-order chi connectivity index (χ1) is 29.8. The van der Waals surface area contributed by atoms with Crippen LogP contribution in [0.5, 0.6) is 11.5 Å². The Morgan fingerprint density at radius 2 is 0.839 bits per heavy atom. The number of aliphatic carboxylic acids is 2. The fourth-order valence-electron chi connectivity index (χ4n) is 7.86. The number of carboxylic acid groups (broad SMARTS) is 2. The summed E-state index contributed by atoms with van der Waals surface area (Å²) < 4.78 is 14.9. The number of carbonyl (C=O) groups is 6. The van der Waals surface area contributed by atoms with Gasteiger partial charge in [-0.05, 0) is 99.6 Å². The van der Waals surface area contributed by atoms with Crippen molar-refractivity contribution < 1.29 is 48.5 Å². The monoisotopic (exact) mass is 894 g/mol. The molecule has 4 aromatic rings. The molecule has 0 atom stereocenters. The maximum absolute atomic E-state index is 12.8. The highest BCUT2D eigenvalue weighted by Crippen LogP contribution is 2.36. The van der Waals surface area contributed by atoms with Crippen molar-refractivity contribution in [2.75, 3.05) is 36.2 Å². The third-order valence-electron chi connectivity index (χ3n) is 10.9. The van der Waals surface area contributed by atoms with Crippen molar-refractivity contribution in [2.24, 2.45) is 11.5 Å². The minimum absolute atomic E-state index is 0.171. The third-order valence-corrected chi connectivity index (χ3v) is 13.2. The number of aryl methyl sites for hydroxylation is 2. The molecule has 0 radical (unpaired) electrons. The number of hydrogen-bond donors (Lipinski definition) is 4. The van der Waals surface area contributed by atoms with Crippen LogP contribution in [0.4, 0.5) is 0 Å². The number of thioether (sulfide) groups is 2. The Labute approximate surface area is 371 Å². The standard InChI is InChI=1S/C46H62N4O10S2/c1-31-39(43(55)45(47)57)41-33(19-17-21-35(41)59-29-37(51)52)49(31)23-11-7-3-5-9-13-25-61-27-15-16-28-62-26-14-10-6-4-8-12-24-50-32(2)40(44(56)46(48)58)42-34(50)20-18-22-36(42)60-30-38(53)54/h17-22H,3-16,23-30H2,1-2H3,(H2,47,57)(H2,48,58)(H,51,52)(H,53,54). The Morgan fingerprint density at radius 3 is 1.18 bits per heavy atom. The zero-order valence-electron chi connectivity index (χ0n) is 36.0. The van der Waals surface area contributed by atoms with Crippen LogP contribution in [0, 0.1) is 13.8 Å². The summed E-state index contributed by atoms with van der Waals surface area (Å²) >= 11 is 4.09. The molecule has 4 rings (SSSR count). The number of carboxylic acids is 2. The number of benzene rings is 2. The molecule has 0 fully saturated rings. The van der Waals surface area contributed by atoms with Gasteiger partial charge in [0.1, 0.15) is 11.5 Å². The summed E-state index contributed by atoms with van der Waals surface area (Å²) in [5.41, 5.74) is 13.7. The van der Waals surface area contributed by atoms with E-state index in [1.807, 2.05) is 44.8 Å². The number of nitrogens with two attached hydrogens (primary N) is 2. The van der Waals surface area contributed by atoms with E-state index in [9.17, 15) is 28.8 Å². The lowest BCUT2D eigenvalue weighted by molar-refractivity contribution is -0.140. The first-order valence-corrected chi connectivity index (χ1v) is 23.9. The van der Waals surface area contributed by atoms with Gasteiger partial charge >= 0.3 is 11.9 Å². The van der Waals surface area contributed by atoms with Gasteiger partial charge in [-0.1, -0.05) is 63.5 Å². The SMILES string of the molecule is Cc1c(C(=O)C(N)=O)c2c(OCC(=O)O)cccc2n1CCCCCCCCSCCCCSCCCCCCCCn1c(C)c(C(=O)C(N)=O)c2c(OCC(=O)O)cccc21. The van der Waals surface area contributed by atoms with Crippen LogP contribution in [-0.2, 0) is 32.3 Å². The molecule has 0 bridgehead atoms. The Hall–Kier alpha value is -4.96. The zero-order valence-corrected chi connectivity index (χ0v) is 37.7. The molecule has 14 nitrogen and oxygen atoms in total. The highest BCUT2D eigenvalue weighted by molar-refractivity contribution is 7.99. The van der Waals surface area contributed by atoms with Crippen molar-refractivity contribution in [2.45, 2.75) is 117 Å². The van der Waals surface area contributed by atoms with E-state index < -0.39 is 48.5 Å². The van der Waals surface area contributed by atoms with Gasteiger partial charge in [-0.3, -0.25) is 19.2 Å². The number of rotatable bonds is 33. The molecule has 6 N–H and O–H groups in total. The number of primary amides is 2. The van der Waals surface area contributed by atoms with Gasteiger partial charge in [0.15, 0.2) is 13.2 Å². The number of nitrogens with zero attached hydrogens (tertiary/aromatic N) is 2. The van der Waals surface area contributed by atoms with Crippen molar-refractivity contribution >= 4 is 80.6 Å². The first kappa shape index (κ1) is 49.7. The van der Waals surface area contributed by atoms with E-state index in [0.717, 1.165) is 38.5 Å². The molecule has 0 spiro atoms. The molecule has 62 heavy (non-hydrogen) atoms. The largest absolute Gasteiger partial charge is 0.481 e. The van der Waals surface area contributed by atoms with Crippen LogP contribution in [0.25, 0.3) is 21.8 Å². The lowest BCUT2D eigenvalue weighted by Gasteiger charge is -2.09. The molecule has 16 heteroatoms. The number of amides is 2. The Morgan fingerprint density at radius 1 is 0.516 bits per heavy atom. The molecule has 0 aliphatic heterocycles. The van der Waals surface area contributed by atoms with Crippen molar-refractivity contribution in [3.8, 4) is 11.5 Å². The lowest BCUT2D eigenvalue weighted by Crippen LogP contribution is -2.24. The summed E-state index contributed by atoms with van der Waals surface area (Å²) in [6.45, 7) is 3.75. The number of ketones is 2. The number of ether oxygens (including phenoxy) is 2. The Kier molecular flexibility index (Phi) is 20.7. The fraction of sp³-hybridized carbons (Fsp3) is 0.522. The first-order valence-electron chi connectivity index (χ1n) is 21.6. The van der Waals surface area contributed by atoms with E-state index in [0.29, 0.717) is 46.3 Å². The highest BCUT2D eigenvalue weighted by atomic mass is 32.2. The normalized spacial score (nSPS) is 11.3. The van der Waals surface area contributed by atoms with E-state index in [1.54, 1.807) is 38.1 Å². The lowest BCUT2D eigenvalue weighted by atomic mass is 10.1. The van der Waals surface area contributed by atoms with Gasteiger partial charge in [0.25, 0.3) is 23.4 Å². The van der Waals surface area contributed by atoms with Crippen molar-refractivity contribution in [3.05, 3.63) is 58.9 Å². The highest BCUT2D eigenvalue weighted by Gasteiger charge is 2.27. The Bertz CT molecular complexity index is 2030. The molecule has 0 aliphatic carbocycles. The van der Waals surface area contributed by atoms with Crippen molar-refractivity contribution in [3.63, 3.8) is 0 Å². The van der Waals surface area contributed by atoms with Crippen LogP contribution in [0.15, 0.2) is 36.4 Å². The minimum Gasteiger partial charge on any atom is -0.481 e. The smallest absolute Gasteiger partial charge is 0.341 e. The van der Waals surface area contributed by atoms with Crippen molar-refractivity contribution in [1.82, 2.24) is 9.13 Å². The summed E-state index contributed by atoms with van der Waals surface area (Å²) in [6, 6.07) is 10.4. The molecule has 2 amide bonds. The van der Waals surface area contributed by atoms with Gasteiger partial charge in [-0.25, -0.2) is 9.59 Å². The van der Waals surface area contributed by atoms with E-state index in [-0.39, 0.29) is 22.6 Å². The van der Waals surface area contributed by atoms with Gasteiger partial charge < -0.3 is 40.3 Å². The molecule has 0 saturated carbocycles. The number of carbonyl (C=O) groups excluding carboxylic acids is 4. The number of aromatic nitrogens is 2. The predicted molar refractivity (Wildman–Crippen MR) is 246 cm³/mol. The van der Waals surface area contributed by atoms with Crippen LogP contribution in [0.1, 0.15) is 122 Å². The molecule has 0 aliphatic rings. The fourth-order valence-corrected chi connectivity index (χ4v) is 9.90. The van der Waals surface area contributed by atoms with Gasteiger partial charge in [-0.2, -0.15) is 23.5 Å². The van der Waals surface area contributed by atoms with Gasteiger partial charge in [-0.15, -0.1) is 0 Å². The summed E-state index contributed by atoms with van der Waals surface area (Å²) in [5.74, 6) is -0.767. The quantitative estimate of drug-likeness (QED) is 0.0202. The van der Waals surface area contributed by atoms with Crippen molar-refractivity contribution in [1.29, 1.82) is 0 Å². The molecule has 0 unspecified atom stereocenters. The second kappa shape index (κ2) is 25.8. The second-order valence-electron chi connectivity index (χ2n) is 15.5. The molecule has 2 aromatic carbocycles. The van der Waals surface area contributed by atoms with E-state index >= 15 is 0 Å². The average Bonchev–Trinajstić information content (AvgIpc) is 3.69. The predicted octanol–water partition coefficient (Wildman–Crippen LogP) is 8.10. The van der Waals surface area contributed by atoms with Gasteiger partial charge in [0.2, 0.25) is 0 Å². The van der Waals surface area contributed by atoms with Gasteiger partial charge in [0, 0.05) is 24.5 Å². The summed E-state index contributed by atoms with van der Waals surface area (Å²) in [7, 11) is 0. The minimum atomic E-state index is -1.14.